The third-order valence-electron chi connectivity index (χ3n) is 15.3. The van der Waals surface area contributed by atoms with E-state index >= 15 is 0 Å². The Morgan fingerprint density at radius 2 is 0.494 bits per heavy atom. The average molecular weight is 1080 g/mol. The Balaban J connectivity index is 3.99. The Morgan fingerprint density at radius 1 is 0.260 bits per heavy atom. The lowest BCUT2D eigenvalue weighted by Gasteiger charge is -2.18. The molecule has 1 unspecified atom stereocenters. The summed E-state index contributed by atoms with van der Waals surface area (Å²) in [6.45, 7) is 6.59. The fraction of sp³-hybridized carbons (Fsp3) is 0.845. The number of carbonyl (C=O) groups is 3. The summed E-state index contributed by atoms with van der Waals surface area (Å²) in [7, 11) is 0. The van der Waals surface area contributed by atoms with E-state index in [1.54, 1.807) is 0 Å². The van der Waals surface area contributed by atoms with Crippen molar-refractivity contribution in [1.29, 1.82) is 0 Å². The van der Waals surface area contributed by atoms with Crippen molar-refractivity contribution in [2.75, 3.05) is 13.2 Å². The molecule has 0 amide bonds. The van der Waals surface area contributed by atoms with Gasteiger partial charge in [-0.05, 0) is 96.3 Å². The van der Waals surface area contributed by atoms with Crippen molar-refractivity contribution in [3.05, 3.63) is 48.6 Å². The first-order valence-corrected chi connectivity index (χ1v) is 34.1. The second-order valence-corrected chi connectivity index (χ2v) is 23.1. The van der Waals surface area contributed by atoms with E-state index in [1.807, 2.05) is 0 Å². The van der Waals surface area contributed by atoms with Crippen molar-refractivity contribution in [2.45, 2.75) is 374 Å². The molecule has 77 heavy (non-hydrogen) atoms. The molecule has 0 heterocycles. The summed E-state index contributed by atoms with van der Waals surface area (Å²) in [6.07, 6.45) is 83.1. The molecule has 0 aromatic heterocycles. The van der Waals surface area contributed by atoms with E-state index in [1.165, 1.54) is 244 Å². The van der Waals surface area contributed by atoms with E-state index in [4.69, 9.17) is 14.2 Å². The van der Waals surface area contributed by atoms with Crippen LogP contribution in [0.2, 0.25) is 0 Å². The minimum Gasteiger partial charge on any atom is -0.462 e. The van der Waals surface area contributed by atoms with E-state index in [0.717, 1.165) is 83.5 Å². The predicted molar refractivity (Wildman–Crippen MR) is 335 cm³/mol. The molecular formula is C71H130O6. The lowest BCUT2D eigenvalue weighted by Crippen LogP contribution is -2.30. The maximum atomic E-state index is 12.8. The molecule has 0 aliphatic heterocycles. The van der Waals surface area contributed by atoms with Gasteiger partial charge in [-0.3, -0.25) is 14.4 Å². The molecule has 0 radical (unpaired) electrons. The number of hydrogen-bond donors (Lipinski definition) is 0. The summed E-state index contributed by atoms with van der Waals surface area (Å²) in [5.41, 5.74) is 0. The monoisotopic (exact) mass is 1080 g/mol. The average Bonchev–Trinajstić information content (AvgIpc) is 3.43. The molecule has 0 aromatic rings. The number of hydrogen-bond acceptors (Lipinski definition) is 6. The summed E-state index contributed by atoms with van der Waals surface area (Å²) < 4.78 is 16.9. The first-order chi connectivity index (χ1) is 38.0. The number of rotatable bonds is 63. The Morgan fingerprint density at radius 3 is 0.779 bits per heavy atom. The van der Waals surface area contributed by atoms with E-state index < -0.39 is 6.10 Å². The summed E-state index contributed by atoms with van der Waals surface area (Å²) in [5, 5.41) is 0. The van der Waals surface area contributed by atoms with Crippen molar-refractivity contribution >= 4 is 17.9 Å². The molecule has 0 rings (SSSR count). The Hall–Kier alpha value is -2.63. The number of ether oxygens (including phenoxy) is 3. The van der Waals surface area contributed by atoms with E-state index in [9.17, 15) is 14.4 Å². The minimum absolute atomic E-state index is 0.0750. The van der Waals surface area contributed by atoms with Gasteiger partial charge in [-0.15, -0.1) is 0 Å². The molecule has 0 fully saturated rings. The van der Waals surface area contributed by atoms with Gasteiger partial charge in [0.1, 0.15) is 13.2 Å². The Kier molecular flexibility index (Phi) is 63.6. The van der Waals surface area contributed by atoms with Gasteiger partial charge in [0.2, 0.25) is 0 Å². The Bertz CT molecular complexity index is 1330. The first-order valence-electron chi connectivity index (χ1n) is 34.1. The van der Waals surface area contributed by atoms with Crippen LogP contribution in [0.25, 0.3) is 0 Å². The minimum atomic E-state index is -0.777. The highest BCUT2D eigenvalue weighted by atomic mass is 16.6. The maximum Gasteiger partial charge on any atom is 0.306 e. The molecule has 6 nitrogen and oxygen atoms in total. The van der Waals surface area contributed by atoms with Gasteiger partial charge < -0.3 is 14.2 Å². The lowest BCUT2D eigenvalue weighted by molar-refractivity contribution is -0.167. The van der Waals surface area contributed by atoms with Gasteiger partial charge in [-0.2, -0.15) is 0 Å². The van der Waals surface area contributed by atoms with E-state index in [0.29, 0.717) is 19.3 Å². The number of carbonyl (C=O) groups excluding carboxylic acids is 3. The predicted octanol–water partition coefficient (Wildman–Crippen LogP) is 23.3. The zero-order chi connectivity index (χ0) is 55.7. The fourth-order valence-electron chi connectivity index (χ4n) is 10.1. The summed E-state index contributed by atoms with van der Waals surface area (Å²) >= 11 is 0. The normalized spacial score (nSPS) is 12.3. The van der Waals surface area contributed by atoms with Gasteiger partial charge in [0, 0.05) is 19.3 Å². The third kappa shape index (κ3) is 64.1. The SMILES string of the molecule is CCC/C=C\CCCCCCCC(=O)OCC(COC(=O)CCCCCCCCCCCCCCCCCCCCCCCCC/C=C\C/C=C\CCCCCCC)OC(=O)CCCCCCC/C=C\CCCCCCC. The van der Waals surface area contributed by atoms with Gasteiger partial charge in [-0.1, -0.05) is 301 Å². The van der Waals surface area contributed by atoms with Crippen molar-refractivity contribution in [2.24, 2.45) is 0 Å². The molecule has 0 bridgehead atoms. The molecule has 0 spiro atoms. The van der Waals surface area contributed by atoms with Crippen LogP contribution in [0, 0.1) is 0 Å². The van der Waals surface area contributed by atoms with Crippen LogP contribution >= 0.6 is 0 Å². The van der Waals surface area contributed by atoms with Crippen LogP contribution < -0.4 is 0 Å². The largest absolute Gasteiger partial charge is 0.462 e. The number of esters is 3. The highest BCUT2D eigenvalue weighted by Crippen LogP contribution is 2.18. The van der Waals surface area contributed by atoms with Crippen LogP contribution in [0.3, 0.4) is 0 Å². The molecular weight excluding hydrogens is 949 g/mol. The topological polar surface area (TPSA) is 78.9 Å². The second kappa shape index (κ2) is 65.9. The summed E-state index contributed by atoms with van der Waals surface area (Å²) in [5.74, 6) is -0.876. The number of allylic oxidation sites excluding steroid dienone is 8. The van der Waals surface area contributed by atoms with Crippen LogP contribution in [0.4, 0.5) is 0 Å². The Labute approximate surface area is 479 Å². The quantitative estimate of drug-likeness (QED) is 0.0261. The lowest BCUT2D eigenvalue weighted by atomic mass is 10.0. The van der Waals surface area contributed by atoms with Crippen LogP contribution in [0.1, 0.15) is 367 Å². The molecule has 450 valence electrons. The zero-order valence-electron chi connectivity index (χ0n) is 51.7. The molecule has 0 aromatic carbocycles. The highest BCUT2D eigenvalue weighted by Gasteiger charge is 2.19. The summed E-state index contributed by atoms with van der Waals surface area (Å²) in [6, 6.07) is 0. The van der Waals surface area contributed by atoms with Crippen molar-refractivity contribution in [1.82, 2.24) is 0 Å². The van der Waals surface area contributed by atoms with Crippen molar-refractivity contribution in [3.8, 4) is 0 Å². The van der Waals surface area contributed by atoms with Crippen LogP contribution in [0.5, 0.6) is 0 Å². The van der Waals surface area contributed by atoms with Crippen LogP contribution in [-0.4, -0.2) is 37.2 Å². The molecule has 6 heteroatoms. The van der Waals surface area contributed by atoms with Crippen LogP contribution in [-0.2, 0) is 28.6 Å². The van der Waals surface area contributed by atoms with Gasteiger partial charge in [0.25, 0.3) is 0 Å². The van der Waals surface area contributed by atoms with E-state index in [2.05, 4.69) is 69.4 Å². The smallest absolute Gasteiger partial charge is 0.306 e. The number of unbranched alkanes of at least 4 members (excludes halogenated alkanes) is 44. The highest BCUT2D eigenvalue weighted by molar-refractivity contribution is 5.71. The van der Waals surface area contributed by atoms with Gasteiger partial charge in [0.05, 0.1) is 0 Å². The fourth-order valence-corrected chi connectivity index (χ4v) is 10.1. The van der Waals surface area contributed by atoms with Gasteiger partial charge >= 0.3 is 17.9 Å². The van der Waals surface area contributed by atoms with Crippen LogP contribution in [0.15, 0.2) is 48.6 Å². The molecule has 0 N–H and O–H groups in total. The standard InChI is InChI=1S/C71H130O6/c1-4-7-10-13-16-19-22-24-26-27-28-29-30-31-32-33-34-35-36-37-38-39-40-41-42-43-44-45-46-48-49-52-55-58-61-64-70(73)76-67-68(66-75-69(72)63-60-57-54-51-21-18-15-12-9-6-3)77-71(74)65-62-59-56-53-50-47-25-23-20-17-14-11-8-5-2/h12,15,22-25,27-28,68H,4-11,13-14,16-21,26,29-67H2,1-3H3/b15-12-,24-22-,25-23-,28-27-. The van der Waals surface area contributed by atoms with Gasteiger partial charge in [0.15, 0.2) is 6.10 Å². The maximum absolute atomic E-state index is 12.8. The first kappa shape index (κ1) is 74.4. The molecule has 0 aliphatic carbocycles. The zero-order valence-corrected chi connectivity index (χ0v) is 51.7. The third-order valence-corrected chi connectivity index (χ3v) is 15.3. The van der Waals surface area contributed by atoms with Crippen molar-refractivity contribution in [3.63, 3.8) is 0 Å². The van der Waals surface area contributed by atoms with Gasteiger partial charge in [-0.25, -0.2) is 0 Å². The molecule has 0 saturated heterocycles. The van der Waals surface area contributed by atoms with E-state index in [-0.39, 0.29) is 31.1 Å². The second-order valence-electron chi connectivity index (χ2n) is 23.1. The molecule has 0 saturated carbocycles. The molecule has 0 aliphatic rings. The summed E-state index contributed by atoms with van der Waals surface area (Å²) in [4.78, 5) is 38.2. The van der Waals surface area contributed by atoms with Crippen molar-refractivity contribution < 1.29 is 28.6 Å². The molecule has 1 atom stereocenters.